The largest absolute Gasteiger partial charge is 0.228 e. The highest BCUT2D eigenvalue weighted by Crippen LogP contribution is 2.40. The van der Waals surface area contributed by atoms with E-state index in [0.717, 1.165) is 44.8 Å². The van der Waals surface area contributed by atoms with Gasteiger partial charge >= 0.3 is 0 Å². The Bertz CT molecular complexity index is 2730. The summed E-state index contributed by atoms with van der Waals surface area (Å²) in [5.74, 6) is 0.638. The maximum absolute atomic E-state index is 9.66. The molecule has 0 saturated carbocycles. The molecule has 7 aromatic carbocycles. The van der Waals surface area contributed by atoms with E-state index in [1.54, 1.807) is 0 Å². The van der Waals surface area contributed by atoms with E-state index in [2.05, 4.69) is 109 Å². The van der Waals surface area contributed by atoms with Gasteiger partial charge in [0.2, 0.25) is 0 Å². The van der Waals surface area contributed by atoms with Crippen LogP contribution in [0.3, 0.4) is 0 Å². The maximum Gasteiger partial charge on any atom is 0.160 e. The number of hydrogen-bond acceptors (Lipinski definition) is 4. The topological polar surface area (TPSA) is 49.6 Å². The fourth-order valence-electron chi connectivity index (χ4n) is 6.69. The van der Waals surface area contributed by atoms with Crippen molar-refractivity contribution in [3.63, 3.8) is 0 Å². The number of hydrogen-bond donors (Lipinski definition) is 0. The zero-order chi connectivity index (χ0) is 32.7. The molecule has 0 saturated heterocycles. The fraction of sp³-hybridized carbons (Fsp3) is 0. The van der Waals surface area contributed by atoms with Crippen LogP contribution in [0.5, 0.6) is 0 Å². The van der Waals surface area contributed by atoms with Gasteiger partial charge in [0, 0.05) is 36.9 Å². The van der Waals surface area contributed by atoms with Crippen molar-refractivity contribution < 1.29 is 0 Å². The van der Waals surface area contributed by atoms with Crippen molar-refractivity contribution in [2.75, 3.05) is 0 Å². The van der Waals surface area contributed by atoms with Gasteiger partial charge in [0.25, 0.3) is 0 Å². The second kappa shape index (κ2) is 12.0. The number of thiophene rings is 1. The SMILES string of the molecule is N#Cc1cccc(-c2cc(-c3cc(-c4ccc5sc6ccccc6c5c4)cc(-c4cccc5ccccc45)c3)nc(-c3ccccc3)n2)c1. The van der Waals surface area contributed by atoms with E-state index in [1.165, 1.54) is 36.5 Å². The van der Waals surface area contributed by atoms with Crippen LogP contribution in [0.2, 0.25) is 0 Å². The molecule has 0 N–H and O–H groups in total. The van der Waals surface area contributed by atoms with Gasteiger partial charge in [-0.25, -0.2) is 9.97 Å². The van der Waals surface area contributed by atoms with Crippen molar-refractivity contribution in [3.05, 3.63) is 169 Å². The Morgan fingerprint density at radius 1 is 0.429 bits per heavy atom. The molecule has 0 fully saturated rings. The summed E-state index contributed by atoms with van der Waals surface area (Å²) in [7, 11) is 0. The van der Waals surface area contributed by atoms with Crippen LogP contribution >= 0.6 is 11.3 Å². The van der Waals surface area contributed by atoms with Gasteiger partial charge in [-0.3, -0.25) is 0 Å². The average molecular weight is 642 g/mol. The smallest absolute Gasteiger partial charge is 0.160 e. The molecule has 0 amide bonds. The number of nitrogens with zero attached hydrogens (tertiary/aromatic N) is 3. The first kappa shape index (κ1) is 28.8. The van der Waals surface area contributed by atoms with E-state index in [-0.39, 0.29) is 0 Å². The van der Waals surface area contributed by atoms with Gasteiger partial charge in [-0.15, -0.1) is 11.3 Å². The summed E-state index contributed by atoms with van der Waals surface area (Å²) in [5.41, 5.74) is 9.53. The van der Waals surface area contributed by atoms with Gasteiger partial charge in [0.05, 0.1) is 23.0 Å². The van der Waals surface area contributed by atoms with Crippen molar-refractivity contribution in [1.82, 2.24) is 9.97 Å². The molecule has 49 heavy (non-hydrogen) atoms. The first-order chi connectivity index (χ1) is 24.2. The van der Waals surface area contributed by atoms with Gasteiger partial charge < -0.3 is 0 Å². The Hall–Kier alpha value is -6.41. The molecule has 0 spiro atoms. The number of benzene rings is 7. The third-order valence-electron chi connectivity index (χ3n) is 9.09. The van der Waals surface area contributed by atoms with Crippen molar-refractivity contribution >= 4 is 42.3 Å². The predicted octanol–water partition coefficient (Wildman–Crippen LogP) is 12.2. The molecular formula is C45H27N3S. The maximum atomic E-state index is 9.66. The highest BCUT2D eigenvalue weighted by Gasteiger charge is 2.15. The second-order valence-electron chi connectivity index (χ2n) is 12.2. The summed E-state index contributed by atoms with van der Waals surface area (Å²) in [5, 5.41) is 14.6. The first-order valence-corrected chi connectivity index (χ1v) is 17.0. The highest BCUT2D eigenvalue weighted by atomic mass is 32.1. The molecule has 0 aliphatic carbocycles. The Kier molecular flexibility index (Phi) is 7.04. The van der Waals surface area contributed by atoms with Gasteiger partial charge in [0.15, 0.2) is 5.82 Å². The summed E-state index contributed by atoms with van der Waals surface area (Å²) < 4.78 is 2.57. The number of nitriles is 1. The minimum Gasteiger partial charge on any atom is -0.228 e. The van der Waals surface area contributed by atoms with E-state index in [1.807, 2.05) is 72.0 Å². The molecule has 3 nitrogen and oxygen atoms in total. The average Bonchev–Trinajstić information content (AvgIpc) is 3.56. The normalized spacial score (nSPS) is 11.2. The minimum atomic E-state index is 0.593. The van der Waals surface area contributed by atoms with Gasteiger partial charge in [0.1, 0.15) is 0 Å². The summed E-state index contributed by atoms with van der Waals surface area (Å²) in [4.78, 5) is 10.2. The monoisotopic (exact) mass is 641 g/mol. The van der Waals surface area contributed by atoms with E-state index in [0.29, 0.717) is 11.4 Å². The molecule has 228 valence electrons. The molecule has 0 unspecified atom stereocenters. The molecule has 4 heteroatoms. The molecule has 0 aliphatic heterocycles. The zero-order valence-corrected chi connectivity index (χ0v) is 27.2. The minimum absolute atomic E-state index is 0.593. The number of aromatic nitrogens is 2. The standard InChI is InChI=1S/C45H27N3S/c46-28-29-10-8-15-33(22-29)41-27-42(48-45(47-41)31-12-2-1-3-13-31)36-24-34(23-35(25-36)38-18-9-14-30-11-4-5-16-37(30)38)32-20-21-44-40(26-32)39-17-6-7-19-43(39)49-44/h1-27H. The Balaban J connectivity index is 1.30. The molecular weight excluding hydrogens is 615 g/mol. The summed E-state index contributed by atoms with van der Waals surface area (Å²) in [6, 6.07) is 59.3. The van der Waals surface area contributed by atoms with E-state index >= 15 is 0 Å². The van der Waals surface area contributed by atoms with Crippen molar-refractivity contribution in [2.24, 2.45) is 0 Å². The van der Waals surface area contributed by atoms with Crippen molar-refractivity contribution in [2.45, 2.75) is 0 Å². The third kappa shape index (κ3) is 5.33. The van der Waals surface area contributed by atoms with Crippen LogP contribution in [0, 0.1) is 11.3 Å². The first-order valence-electron chi connectivity index (χ1n) is 16.2. The molecule has 0 bridgehead atoms. The third-order valence-corrected chi connectivity index (χ3v) is 10.2. The van der Waals surface area contributed by atoms with Gasteiger partial charge in [-0.1, -0.05) is 109 Å². The quantitative estimate of drug-likeness (QED) is 0.188. The lowest BCUT2D eigenvalue weighted by Gasteiger charge is -2.14. The summed E-state index contributed by atoms with van der Waals surface area (Å²) >= 11 is 1.83. The van der Waals surface area contributed by atoms with Crippen LogP contribution in [0.25, 0.3) is 87.1 Å². The molecule has 2 heterocycles. The number of fused-ring (bicyclic) bond motifs is 4. The van der Waals surface area contributed by atoms with E-state index < -0.39 is 0 Å². The van der Waals surface area contributed by atoms with Crippen molar-refractivity contribution in [1.29, 1.82) is 5.26 Å². The molecule has 0 radical (unpaired) electrons. The fourth-order valence-corrected chi connectivity index (χ4v) is 7.77. The molecule has 2 aromatic heterocycles. The van der Waals surface area contributed by atoms with E-state index in [4.69, 9.17) is 9.97 Å². The lowest BCUT2D eigenvalue weighted by molar-refractivity contribution is 1.18. The van der Waals surface area contributed by atoms with Crippen LogP contribution in [0.15, 0.2) is 164 Å². The Labute approximate surface area is 288 Å². The van der Waals surface area contributed by atoms with Crippen LogP contribution in [0.4, 0.5) is 0 Å². The Morgan fingerprint density at radius 2 is 1.10 bits per heavy atom. The van der Waals surface area contributed by atoms with Crippen molar-refractivity contribution in [3.8, 4) is 62.2 Å². The van der Waals surface area contributed by atoms with Crippen LogP contribution in [0.1, 0.15) is 5.56 Å². The zero-order valence-electron chi connectivity index (χ0n) is 26.3. The summed E-state index contributed by atoms with van der Waals surface area (Å²) in [6.07, 6.45) is 0. The molecule has 0 atom stereocenters. The molecule has 9 aromatic rings. The highest BCUT2D eigenvalue weighted by molar-refractivity contribution is 7.25. The van der Waals surface area contributed by atoms with Crippen LogP contribution < -0.4 is 0 Å². The predicted molar refractivity (Wildman–Crippen MR) is 204 cm³/mol. The lowest BCUT2D eigenvalue weighted by Crippen LogP contribution is -1.97. The van der Waals surface area contributed by atoms with Gasteiger partial charge in [-0.2, -0.15) is 5.26 Å². The molecule has 9 rings (SSSR count). The van der Waals surface area contributed by atoms with E-state index in [9.17, 15) is 5.26 Å². The van der Waals surface area contributed by atoms with Crippen LogP contribution in [-0.4, -0.2) is 9.97 Å². The van der Waals surface area contributed by atoms with Crippen LogP contribution in [-0.2, 0) is 0 Å². The molecule has 0 aliphatic rings. The lowest BCUT2D eigenvalue weighted by atomic mass is 9.91. The second-order valence-corrected chi connectivity index (χ2v) is 13.2. The number of rotatable bonds is 5. The Morgan fingerprint density at radius 3 is 1.98 bits per heavy atom. The summed E-state index contributed by atoms with van der Waals surface area (Å²) in [6.45, 7) is 0. The van der Waals surface area contributed by atoms with Gasteiger partial charge in [-0.05, 0) is 87.6 Å².